The van der Waals surface area contributed by atoms with Gasteiger partial charge in [0.1, 0.15) is 13.2 Å². The number of aliphatic imine (C=N–C) groups is 2. The molecule has 0 amide bonds. The second kappa shape index (κ2) is 5.31. The quantitative estimate of drug-likeness (QED) is 0.882. The summed E-state index contributed by atoms with van der Waals surface area (Å²) in [5, 5.41) is 20.0. The summed E-state index contributed by atoms with van der Waals surface area (Å²) in [5.41, 5.74) is 0. The first-order chi connectivity index (χ1) is 10.1. The summed E-state index contributed by atoms with van der Waals surface area (Å²) in [6.07, 6.45) is 1.66. The van der Waals surface area contributed by atoms with Crippen molar-refractivity contribution in [1.29, 1.82) is 0 Å². The van der Waals surface area contributed by atoms with Gasteiger partial charge in [0.2, 0.25) is 23.0 Å². The molecule has 2 N–H and O–H groups in total. The first-order valence-electron chi connectivity index (χ1n) is 7.10. The first-order valence-corrected chi connectivity index (χ1v) is 7.10. The average molecular weight is 294 g/mol. The van der Waals surface area contributed by atoms with Gasteiger partial charge in [-0.05, 0) is 12.8 Å². The molecule has 0 spiro atoms. The molecule has 3 heterocycles. The van der Waals surface area contributed by atoms with Crippen molar-refractivity contribution >= 4 is 11.8 Å². The lowest BCUT2D eigenvalue weighted by molar-refractivity contribution is 0.300. The highest BCUT2D eigenvalue weighted by Crippen LogP contribution is 2.38. The highest BCUT2D eigenvalue weighted by atomic mass is 16.5. The van der Waals surface area contributed by atoms with Crippen LogP contribution in [0.25, 0.3) is 0 Å². The molecular formula is C14H18N2O5. The maximum Gasteiger partial charge on any atom is 0.257 e. The van der Waals surface area contributed by atoms with Gasteiger partial charge in [0.25, 0.3) is 11.8 Å². The van der Waals surface area contributed by atoms with Crippen LogP contribution in [0.15, 0.2) is 14.4 Å². The van der Waals surface area contributed by atoms with E-state index < -0.39 is 11.5 Å². The zero-order valence-electron chi connectivity index (χ0n) is 12.0. The fourth-order valence-electron chi connectivity index (χ4n) is 2.20. The van der Waals surface area contributed by atoms with E-state index in [2.05, 4.69) is 9.98 Å². The molecule has 0 saturated carbocycles. The number of furan rings is 1. The van der Waals surface area contributed by atoms with E-state index in [0.717, 1.165) is 12.8 Å². The molecule has 2 aliphatic heterocycles. The summed E-state index contributed by atoms with van der Waals surface area (Å²) in [7, 11) is 0. The van der Waals surface area contributed by atoms with Gasteiger partial charge in [-0.15, -0.1) is 0 Å². The summed E-state index contributed by atoms with van der Waals surface area (Å²) in [6.45, 7) is 4.88. The van der Waals surface area contributed by atoms with E-state index >= 15 is 0 Å². The van der Waals surface area contributed by atoms with Gasteiger partial charge in [-0.25, -0.2) is 9.98 Å². The third-order valence-electron chi connectivity index (χ3n) is 3.61. The number of ether oxygens (including phenoxy) is 2. The molecule has 0 radical (unpaired) electrons. The summed E-state index contributed by atoms with van der Waals surface area (Å²) >= 11 is 0. The van der Waals surface area contributed by atoms with E-state index in [-0.39, 0.29) is 35.4 Å². The summed E-state index contributed by atoms with van der Waals surface area (Å²) in [4.78, 5) is 8.60. The largest absolute Gasteiger partial charge is 0.501 e. The summed E-state index contributed by atoms with van der Waals surface area (Å²) < 4.78 is 16.3. The Morgan fingerprint density at radius 3 is 1.67 bits per heavy atom. The zero-order chi connectivity index (χ0) is 15.0. The number of hydrogen-bond donors (Lipinski definition) is 2. The molecule has 0 bridgehead atoms. The molecule has 21 heavy (non-hydrogen) atoms. The second-order valence-electron chi connectivity index (χ2n) is 5.07. The lowest BCUT2D eigenvalue weighted by atomic mass is 10.3. The molecule has 0 saturated heterocycles. The molecule has 0 unspecified atom stereocenters. The molecule has 1 aromatic heterocycles. The lowest BCUT2D eigenvalue weighted by Gasteiger charge is -1.98. The van der Waals surface area contributed by atoms with Crippen molar-refractivity contribution in [2.75, 3.05) is 13.2 Å². The van der Waals surface area contributed by atoms with Crippen molar-refractivity contribution in [3.63, 3.8) is 0 Å². The molecule has 0 aromatic carbocycles. The van der Waals surface area contributed by atoms with Crippen LogP contribution in [0.5, 0.6) is 11.5 Å². The van der Waals surface area contributed by atoms with E-state index in [4.69, 9.17) is 13.9 Å². The number of nitrogens with zero attached hydrogens (tertiary/aromatic N) is 2. The van der Waals surface area contributed by atoms with Crippen molar-refractivity contribution < 1.29 is 24.1 Å². The highest BCUT2D eigenvalue weighted by molar-refractivity contribution is 6.01. The molecule has 7 nitrogen and oxygen atoms in total. The van der Waals surface area contributed by atoms with Gasteiger partial charge in [0.15, 0.2) is 0 Å². The minimum atomic E-state index is -0.397. The fourth-order valence-corrected chi connectivity index (χ4v) is 2.20. The Morgan fingerprint density at radius 1 is 0.905 bits per heavy atom. The van der Waals surface area contributed by atoms with Gasteiger partial charge in [-0.1, -0.05) is 13.8 Å². The van der Waals surface area contributed by atoms with Crippen molar-refractivity contribution in [2.24, 2.45) is 9.98 Å². The topological polar surface area (TPSA) is 96.8 Å². The molecule has 0 aliphatic carbocycles. The van der Waals surface area contributed by atoms with Crippen molar-refractivity contribution in [1.82, 2.24) is 0 Å². The molecular weight excluding hydrogens is 276 g/mol. The van der Waals surface area contributed by atoms with Crippen LogP contribution in [-0.4, -0.2) is 47.3 Å². The van der Waals surface area contributed by atoms with E-state index in [1.54, 1.807) is 0 Å². The minimum absolute atomic E-state index is 0.0182. The normalized spacial score (nSPS) is 24.5. The Labute approximate surface area is 121 Å². The van der Waals surface area contributed by atoms with Crippen LogP contribution in [0.4, 0.5) is 0 Å². The predicted molar refractivity (Wildman–Crippen MR) is 75.2 cm³/mol. The number of rotatable bonds is 4. The molecule has 3 rings (SSSR count). The molecule has 2 aliphatic rings. The van der Waals surface area contributed by atoms with E-state index in [9.17, 15) is 10.2 Å². The van der Waals surface area contributed by atoms with Crippen molar-refractivity contribution in [3.8, 4) is 11.5 Å². The third kappa shape index (κ3) is 2.32. The van der Waals surface area contributed by atoms with Crippen molar-refractivity contribution in [2.45, 2.75) is 38.8 Å². The SMILES string of the molecule is CC[C@@H]1COC(c2oc(C3=N[C@H](CC)CO3)c(O)c2O)=N1. The van der Waals surface area contributed by atoms with E-state index in [1.165, 1.54) is 0 Å². The molecule has 7 heteroatoms. The van der Waals surface area contributed by atoms with Gasteiger partial charge in [-0.2, -0.15) is 0 Å². The van der Waals surface area contributed by atoms with Crippen LogP contribution in [0.3, 0.4) is 0 Å². The van der Waals surface area contributed by atoms with Gasteiger partial charge in [0, 0.05) is 0 Å². The smallest absolute Gasteiger partial charge is 0.257 e. The van der Waals surface area contributed by atoms with Crippen LogP contribution < -0.4 is 0 Å². The van der Waals surface area contributed by atoms with E-state index in [1.807, 2.05) is 13.8 Å². The van der Waals surface area contributed by atoms with Crippen molar-refractivity contribution in [3.05, 3.63) is 11.5 Å². The van der Waals surface area contributed by atoms with Gasteiger partial charge >= 0.3 is 0 Å². The highest BCUT2D eigenvalue weighted by Gasteiger charge is 2.33. The van der Waals surface area contributed by atoms with Crippen LogP contribution in [0.2, 0.25) is 0 Å². The Balaban J connectivity index is 1.93. The lowest BCUT2D eigenvalue weighted by Crippen LogP contribution is -2.04. The summed E-state index contributed by atoms with van der Waals surface area (Å²) in [5.74, 6) is -0.356. The van der Waals surface area contributed by atoms with Crippen LogP contribution in [0.1, 0.15) is 38.2 Å². The molecule has 114 valence electrons. The minimum Gasteiger partial charge on any atom is -0.501 e. The molecule has 0 fully saturated rings. The third-order valence-corrected chi connectivity index (χ3v) is 3.61. The molecule has 1 aromatic rings. The Bertz CT molecular complexity index is 554. The maximum absolute atomic E-state index is 10.0. The van der Waals surface area contributed by atoms with Crippen LogP contribution in [0, 0.1) is 0 Å². The van der Waals surface area contributed by atoms with Crippen LogP contribution in [-0.2, 0) is 9.47 Å². The Morgan fingerprint density at radius 2 is 1.33 bits per heavy atom. The standard InChI is InChI=1S/C14H18N2O5/c1-3-7-5-19-13(15-7)11-9(17)10(18)12(21-11)14-16-8(4-2)6-20-14/h7-8,17-18H,3-6H2,1-2H3/t7-,8-/m1/s1. The van der Waals surface area contributed by atoms with E-state index in [0.29, 0.717) is 13.2 Å². The maximum atomic E-state index is 10.0. The second-order valence-corrected chi connectivity index (χ2v) is 5.07. The first kappa shape index (κ1) is 13.8. The predicted octanol–water partition coefficient (Wildman–Crippen LogP) is 1.80. The monoisotopic (exact) mass is 294 g/mol. The fraction of sp³-hybridized carbons (Fsp3) is 0.571. The Hall–Kier alpha value is -2.18. The summed E-state index contributed by atoms with van der Waals surface area (Å²) in [6, 6.07) is 0.0827. The average Bonchev–Trinajstić information content (AvgIpc) is 3.20. The number of hydrogen-bond acceptors (Lipinski definition) is 7. The van der Waals surface area contributed by atoms with Gasteiger partial charge in [-0.3, -0.25) is 0 Å². The Kier molecular flexibility index (Phi) is 3.48. The van der Waals surface area contributed by atoms with Gasteiger partial charge in [0.05, 0.1) is 12.1 Å². The molecule has 2 atom stereocenters. The number of aromatic hydroxyl groups is 2. The van der Waals surface area contributed by atoms with Gasteiger partial charge < -0.3 is 24.1 Å². The zero-order valence-corrected chi connectivity index (χ0v) is 12.0. The van der Waals surface area contributed by atoms with Crippen LogP contribution >= 0.6 is 0 Å².